The Morgan fingerprint density at radius 1 is 0.652 bits per heavy atom. The van der Waals surface area contributed by atoms with Crippen LogP contribution in [0.4, 0.5) is 0 Å². The van der Waals surface area contributed by atoms with Crippen LogP contribution in [0.3, 0.4) is 0 Å². The molecule has 0 amide bonds. The Bertz CT molecular complexity index is 2490. The summed E-state index contributed by atoms with van der Waals surface area (Å²) in [4.78, 5) is 27.8. The number of methoxy groups -OCH3 is 2. The van der Waals surface area contributed by atoms with E-state index in [9.17, 15) is 76.0 Å². The van der Waals surface area contributed by atoms with Crippen LogP contribution in [0.2, 0.25) is 0 Å². The van der Waals surface area contributed by atoms with Crippen LogP contribution < -0.4 is 24.4 Å². The lowest BCUT2D eigenvalue weighted by Gasteiger charge is -2.46. The molecule has 0 radical (unpaired) electrons. The molecule has 15 unspecified atom stereocenters. The van der Waals surface area contributed by atoms with Crippen LogP contribution in [0, 0.1) is 0 Å². The van der Waals surface area contributed by atoms with E-state index in [0.29, 0.717) is 0 Å². The minimum absolute atomic E-state index is 0.0110. The Hall–Kier alpha value is -5.88. The normalized spacial score (nSPS) is 31.6. The fourth-order valence-electron chi connectivity index (χ4n) is 7.74. The van der Waals surface area contributed by atoms with Crippen molar-refractivity contribution in [3.8, 4) is 51.6 Å². The van der Waals surface area contributed by atoms with Gasteiger partial charge in [-0.25, -0.2) is 4.79 Å². The molecule has 3 saturated heterocycles. The van der Waals surface area contributed by atoms with Gasteiger partial charge in [-0.15, -0.1) is 0 Å². The summed E-state index contributed by atoms with van der Waals surface area (Å²) in [6.07, 6.45) is -25.9. The molecule has 25 nitrogen and oxygen atoms in total. The summed E-state index contributed by atoms with van der Waals surface area (Å²) < 4.78 is 56.5. The van der Waals surface area contributed by atoms with Gasteiger partial charge in [0, 0.05) is 23.8 Å². The number of carbonyl (C=O) groups is 1. The number of ether oxygens (including phenoxy) is 9. The zero-order chi connectivity index (χ0) is 50.0. The third-order valence-corrected chi connectivity index (χ3v) is 11.5. The molecule has 0 bridgehead atoms. The summed E-state index contributed by atoms with van der Waals surface area (Å²) in [6, 6.07) is 9.64. The molecule has 4 heterocycles. The Balaban J connectivity index is 1.24. The highest BCUT2D eigenvalue weighted by Crippen LogP contribution is 2.40. The molecule has 13 N–H and O–H groups in total. The van der Waals surface area contributed by atoms with Gasteiger partial charge in [0.2, 0.25) is 29.5 Å². The standard InChI is InChI=1S/C44H50O25/c1-60-22-9-16(10-23(61-2)29(22)51)3-8-27(50)67-40-35(57)31(53)25(14-46)65-43(40)69-41-36(58)32(54)26(15-47)66-44(41)68-39-33(55)28-20(49)11-19(62-42-37(59)34(56)30(52)24(13-45)64-42)12-21(28)63-38(39)17-4-6-18(48)7-5-17/h3-12,24-26,30-32,34-37,40-49,51-54,56-59H,13-15H2,1-2H3. The number of hydrogen-bond acceptors (Lipinski definition) is 25. The second kappa shape index (κ2) is 21.4. The van der Waals surface area contributed by atoms with Crippen molar-refractivity contribution in [2.24, 2.45) is 0 Å². The van der Waals surface area contributed by atoms with Crippen LogP contribution in [0.5, 0.6) is 40.2 Å². The maximum atomic E-state index is 14.5. The number of esters is 1. The van der Waals surface area contributed by atoms with E-state index < -0.39 is 152 Å². The highest BCUT2D eigenvalue weighted by molar-refractivity contribution is 5.89. The van der Waals surface area contributed by atoms with Crippen LogP contribution in [-0.2, 0) is 28.5 Å². The molecule has 15 atom stereocenters. The fraction of sp³-hybridized carbons (Fsp3) is 0.455. The molecule has 376 valence electrons. The van der Waals surface area contributed by atoms with Crippen molar-refractivity contribution in [3.05, 3.63) is 70.4 Å². The largest absolute Gasteiger partial charge is 0.508 e. The van der Waals surface area contributed by atoms with Crippen LogP contribution in [-0.4, -0.2) is 199 Å². The number of aliphatic hydroxyl groups excluding tert-OH is 10. The molecule has 3 aliphatic rings. The summed E-state index contributed by atoms with van der Waals surface area (Å²) in [6.45, 7) is -2.67. The Kier molecular flexibility index (Phi) is 15.8. The van der Waals surface area contributed by atoms with Gasteiger partial charge >= 0.3 is 5.97 Å². The second-order valence-corrected chi connectivity index (χ2v) is 15.9. The summed E-state index contributed by atoms with van der Waals surface area (Å²) in [5.74, 6) is -4.14. The molecule has 3 aromatic carbocycles. The summed E-state index contributed by atoms with van der Waals surface area (Å²) in [7, 11) is 2.56. The lowest BCUT2D eigenvalue weighted by molar-refractivity contribution is -0.358. The zero-order valence-electron chi connectivity index (χ0n) is 36.3. The van der Waals surface area contributed by atoms with Crippen molar-refractivity contribution in [1.29, 1.82) is 0 Å². The zero-order valence-corrected chi connectivity index (χ0v) is 36.3. The van der Waals surface area contributed by atoms with Crippen molar-refractivity contribution in [2.45, 2.75) is 92.1 Å². The fourth-order valence-corrected chi connectivity index (χ4v) is 7.74. The number of benzene rings is 3. The third kappa shape index (κ3) is 10.4. The van der Waals surface area contributed by atoms with E-state index >= 15 is 0 Å². The Labute approximate surface area is 388 Å². The van der Waals surface area contributed by atoms with Gasteiger partial charge in [0.15, 0.2) is 35.8 Å². The topological polar surface area (TPSA) is 393 Å². The molecule has 4 aromatic rings. The quantitative estimate of drug-likeness (QED) is 0.0418. The highest BCUT2D eigenvalue weighted by Gasteiger charge is 2.53. The molecule has 0 aliphatic carbocycles. The van der Waals surface area contributed by atoms with Gasteiger partial charge in [0.1, 0.15) is 89.3 Å². The van der Waals surface area contributed by atoms with E-state index in [0.717, 1.165) is 18.2 Å². The Morgan fingerprint density at radius 3 is 1.78 bits per heavy atom. The number of rotatable bonds is 15. The van der Waals surface area contributed by atoms with Gasteiger partial charge in [0.25, 0.3) is 0 Å². The van der Waals surface area contributed by atoms with Crippen molar-refractivity contribution in [3.63, 3.8) is 0 Å². The number of fused-ring (bicyclic) bond motifs is 1. The molecule has 0 spiro atoms. The Morgan fingerprint density at radius 2 is 1.20 bits per heavy atom. The molecule has 3 aliphatic heterocycles. The maximum Gasteiger partial charge on any atom is 0.331 e. The van der Waals surface area contributed by atoms with Crippen LogP contribution in [0.15, 0.2) is 63.8 Å². The first kappa shape index (κ1) is 51.0. The molecule has 7 rings (SSSR count). The molecule has 0 saturated carbocycles. The lowest BCUT2D eigenvalue weighted by Crippen LogP contribution is -2.65. The van der Waals surface area contributed by atoms with E-state index in [1.807, 2.05) is 0 Å². The average molecular weight is 979 g/mol. The van der Waals surface area contributed by atoms with Crippen molar-refractivity contribution in [1.82, 2.24) is 0 Å². The highest BCUT2D eigenvalue weighted by atomic mass is 16.8. The summed E-state index contributed by atoms with van der Waals surface area (Å²) in [5.41, 5.74) is -1.26. The van der Waals surface area contributed by atoms with Gasteiger partial charge in [-0.3, -0.25) is 4.79 Å². The first-order chi connectivity index (χ1) is 32.9. The molecule has 1 aromatic heterocycles. The number of phenols is 3. The SMILES string of the molecule is COc1cc(C=CC(=O)OC2C(OC3C(Oc4c(-c5ccc(O)cc5)oc5cc(OC6OC(CO)C(O)C(O)C6O)cc(O)c5c4=O)OC(CO)C(O)C3O)OC(CO)C(O)C2O)cc(OC)c1O. The number of hydrogen-bond donors (Lipinski definition) is 13. The van der Waals surface area contributed by atoms with Crippen molar-refractivity contribution < 1.29 is 118 Å². The molecule has 69 heavy (non-hydrogen) atoms. The van der Waals surface area contributed by atoms with Crippen molar-refractivity contribution >= 4 is 23.0 Å². The van der Waals surface area contributed by atoms with E-state index in [-0.39, 0.29) is 39.9 Å². The molecular weight excluding hydrogens is 928 g/mol. The molecule has 25 heteroatoms. The number of aliphatic hydroxyl groups is 10. The minimum Gasteiger partial charge on any atom is -0.508 e. The van der Waals surface area contributed by atoms with E-state index in [4.69, 9.17) is 47.0 Å². The van der Waals surface area contributed by atoms with Gasteiger partial charge in [-0.1, -0.05) is 0 Å². The monoisotopic (exact) mass is 978 g/mol. The van der Waals surface area contributed by atoms with Gasteiger partial charge in [0.05, 0.1) is 34.0 Å². The number of aromatic hydroxyl groups is 3. The van der Waals surface area contributed by atoms with Crippen LogP contribution in [0.25, 0.3) is 28.4 Å². The average Bonchev–Trinajstić information content (AvgIpc) is 3.33. The van der Waals surface area contributed by atoms with Crippen LogP contribution in [0.1, 0.15) is 5.56 Å². The first-order valence-corrected chi connectivity index (χ1v) is 20.9. The second-order valence-electron chi connectivity index (χ2n) is 15.9. The molecular formula is C44H50O25. The smallest absolute Gasteiger partial charge is 0.331 e. The number of phenolic OH excluding ortho intramolecular Hbond substituents is 3. The third-order valence-electron chi connectivity index (χ3n) is 11.5. The lowest BCUT2D eigenvalue weighted by atomic mass is 9.97. The van der Waals surface area contributed by atoms with E-state index in [1.54, 1.807) is 0 Å². The first-order valence-electron chi connectivity index (χ1n) is 20.9. The molecule has 3 fully saturated rings. The van der Waals surface area contributed by atoms with Crippen molar-refractivity contribution in [2.75, 3.05) is 34.0 Å². The van der Waals surface area contributed by atoms with E-state index in [1.165, 1.54) is 56.7 Å². The van der Waals surface area contributed by atoms with Gasteiger partial charge in [-0.2, -0.15) is 0 Å². The minimum atomic E-state index is -2.13. The summed E-state index contributed by atoms with van der Waals surface area (Å²) in [5, 5.41) is 136. The van der Waals surface area contributed by atoms with Gasteiger partial charge in [-0.05, 0) is 48.0 Å². The predicted octanol–water partition coefficient (Wildman–Crippen LogP) is -2.96. The van der Waals surface area contributed by atoms with E-state index in [2.05, 4.69) is 0 Å². The predicted molar refractivity (Wildman–Crippen MR) is 227 cm³/mol. The van der Waals surface area contributed by atoms with Gasteiger partial charge < -0.3 is 113 Å². The van der Waals surface area contributed by atoms with Crippen LogP contribution >= 0.6 is 0 Å². The number of carbonyl (C=O) groups excluding carboxylic acids is 1. The maximum absolute atomic E-state index is 14.5. The summed E-state index contributed by atoms with van der Waals surface area (Å²) >= 11 is 0.